The van der Waals surface area contributed by atoms with Crippen LogP contribution in [0.3, 0.4) is 0 Å². The molecule has 90 valence electrons. The van der Waals surface area contributed by atoms with Gasteiger partial charge in [0.25, 0.3) is 0 Å². The summed E-state index contributed by atoms with van der Waals surface area (Å²) in [6, 6.07) is 6.33. The summed E-state index contributed by atoms with van der Waals surface area (Å²) in [7, 11) is 0. The molecule has 2 heterocycles. The summed E-state index contributed by atoms with van der Waals surface area (Å²) in [5.41, 5.74) is 1.03. The Kier molecular flexibility index (Phi) is 4.73. The third kappa shape index (κ3) is 3.88. The Hall–Kier alpha value is -0.230. The lowest BCUT2D eigenvalue weighted by Crippen LogP contribution is -2.13. The van der Waals surface area contributed by atoms with E-state index in [-0.39, 0.29) is 0 Å². The van der Waals surface area contributed by atoms with Crippen LogP contribution in [0, 0.1) is 6.92 Å². The summed E-state index contributed by atoms with van der Waals surface area (Å²) >= 11 is 8.73. The molecule has 2 aromatic heterocycles. The lowest BCUT2D eigenvalue weighted by molar-refractivity contribution is 0.684. The van der Waals surface area contributed by atoms with Crippen LogP contribution < -0.4 is 5.32 Å². The summed E-state index contributed by atoms with van der Waals surface area (Å²) in [4.78, 5) is 7.07. The van der Waals surface area contributed by atoms with E-state index < -0.39 is 0 Å². The van der Waals surface area contributed by atoms with E-state index in [2.05, 4.69) is 61.2 Å². The Bertz CT molecular complexity index is 511. The van der Waals surface area contributed by atoms with Crippen molar-refractivity contribution < 1.29 is 0 Å². The summed E-state index contributed by atoms with van der Waals surface area (Å²) in [6.07, 6.45) is 1.82. The third-order valence-corrected chi connectivity index (χ3v) is 4.39. The minimum Gasteiger partial charge on any atom is -0.306 e. The smallest absolute Gasteiger partial charge is 0.0684 e. The third-order valence-electron chi connectivity index (χ3n) is 2.27. The number of aryl methyl sites for hydroxylation is 1. The molecule has 0 aliphatic heterocycles. The maximum atomic E-state index is 4.36. The number of thiophene rings is 1. The molecule has 0 aliphatic rings. The molecule has 1 N–H and O–H groups in total. The van der Waals surface area contributed by atoms with Crippen molar-refractivity contribution in [2.75, 3.05) is 0 Å². The van der Waals surface area contributed by atoms with Crippen molar-refractivity contribution in [2.24, 2.45) is 0 Å². The van der Waals surface area contributed by atoms with Gasteiger partial charge in [0.2, 0.25) is 0 Å². The van der Waals surface area contributed by atoms with Gasteiger partial charge in [0.05, 0.1) is 5.69 Å². The molecule has 0 aliphatic carbocycles. The molecule has 0 unspecified atom stereocenters. The van der Waals surface area contributed by atoms with E-state index in [1.54, 1.807) is 0 Å². The number of nitrogens with zero attached hydrogens (tertiary/aromatic N) is 1. The van der Waals surface area contributed by atoms with Gasteiger partial charge in [0, 0.05) is 38.0 Å². The van der Waals surface area contributed by atoms with Crippen LogP contribution in [0.1, 0.15) is 15.4 Å². The highest BCUT2D eigenvalue weighted by atomic mass is 79.9. The Morgan fingerprint density at radius 3 is 2.76 bits per heavy atom. The second kappa shape index (κ2) is 6.09. The van der Waals surface area contributed by atoms with Crippen molar-refractivity contribution in [1.82, 2.24) is 10.3 Å². The van der Waals surface area contributed by atoms with E-state index >= 15 is 0 Å². The van der Waals surface area contributed by atoms with Crippen molar-refractivity contribution in [3.63, 3.8) is 0 Å². The van der Waals surface area contributed by atoms with E-state index in [0.717, 1.165) is 27.7 Å². The van der Waals surface area contributed by atoms with E-state index in [0.29, 0.717) is 0 Å². The van der Waals surface area contributed by atoms with Crippen LogP contribution in [0.4, 0.5) is 0 Å². The molecule has 0 saturated heterocycles. The molecule has 0 radical (unpaired) electrons. The van der Waals surface area contributed by atoms with Crippen molar-refractivity contribution in [1.29, 1.82) is 0 Å². The van der Waals surface area contributed by atoms with Gasteiger partial charge in [-0.25, -0.2) is 0 Å². The molecule has 0 amide bonds. The molecular weight excluding hydrogens is 364 g/mol. The van der Waals surface area contributed by atoms with Gasteiger partial charge >= 0.3 is 0 Å². The largest absolute Gasteiger partial charge is 0.306 e. The molecule has 0 bridgehead atoms. The Morgan fingerprint density at radius 2 is 2.12 bits per heavy atom. The zero-order valence-electron chi connectivity index (χ0n) is 9.34. The molecule has 0 aromatic carbocycles. The zero-order chi connectivity index (χ0) is 12.3. The van der Waals surface area contributed by atoms with Gasteiger partial charge in [-0.15, -0.1) is 11.3 Å². The van der Waals surface area contributed by atoms with Crippen LogP contribution in [0.15, 0.2) is 33.3 Å². The zero-order valence-corrected chi connectivity index (χ0v) is 13.3. The fourth-order valence-corrected chi connectivity index (χ4v) is 3.44. The minimum atomic E-state index is 0.769. The maximum absolute atomic E-state index is 4.36. The Balaban J connectivity index is 1.90. The van der Waals surface area contributed by atoms with Gasteiger partial charge in [0.15, 0.2) is 0 Å². The molecule has 2 aromatic rings. The van der Waals surface area contributed by atoms with Gasteiger partial charge < -0.3 is 5.32 Å². The summed E-state index contributed by atoms with van der Waals surface area (Å²) in [6.45, 7) is 3.79. The number of pyridine rings is 1. The van der Waals surface area contributed by atoms with E-state index in [4.69, 9.17) is 0 Å². The normalized spacial score (nSPS) is 10.8. The number of rotatable bonds is 4. The monoisotopic (exact) mass is 374 g/mol. The second-order valence-electron chi connectivity index (χ2n) is 3.70. The fourth-order valence-electron chi connectivity index (χ4n) is 1.46. The molecular formula is C12H12Br2N2S. The van der Waals surface area contributed by atoms with Crippen LogP contribution in [0.25, 0.3) is 0 Å². The number of aromatic nitrogens is 1. The molecule has 2 nitrogen and oxygen atoms in total. The lowest BCUT2D eigenvalue weighted by Gasteiger charge is -2.05. The van der Waals surface area contributed by atoms with Gasteiger partial charge in [-0.3, -0.25) is 4.98 Å². The Morgan fingerprint density at radius 1 is 1.29 bits per heavy atom. The van der Waals surface area contributed by atoms with Gasteiger partial charge in [-0.05, 0) is 57.0 Å². The van der Waals surface area contributed by atoms with Crippen LogP contribution in [0.5, 0.6) is 0 Å². The molecule has 2 rings (SSSR count). The van der Waals surface area contributed by atoms with E-state index in [1.165, 1.54) is 9.75 Å². The minimum absolute atomic E-state index is 0.769. The molecule has 0 saturated carbocycles. The maximum Gasteiger partial charge on any atom is 0.0684 e. The summed E-state index contributed by atoms with van der Waals surface area (Å²) in [5, 5.41) is 3.39. The van der Waals surface area contributed by atoms with Crippen LogP contribution in [-0.2, 0) is 13.1 Å². The number of halogens is 2. The van der Waals surface area contributed by atoms with Gasteiger partial charge in [0.1, 0.15) is 0 Å². The van der Waals surface area contributed by atoms with Gasteiger partial charge in [-0.1, -0.05) is 0 Å². The van der Waals surface area contributed by atoms with Crippen LogP contribution in [-0.4, -0.2) is 4.98 Å². The quantitative estimate of drug-likeness (QED) is 0.863. The van der Waals surface area contributed by atoms with Crippen LogP contribution >= 0.6 is 43.2 Å². The standard InChI is InChI=1S/C12H12Br2N2S/c1-8-2-3-10(17-8)6-15-7-12-11(14)4-9(13)5-16-12/h2-5,15H,6-7H2,1H3. The molecule has 17 heavy (non-hydrogen) atoms. The molecule has 0 fully saturated rings. The first-order chi connectivity index (χ1) is 8.15. The highest BCUT2D eigenvalue weighted by molar-refractivity contribution is 9.11. The van der Waals surface area contributed by atoms with Crippen molar-refractivity contribution in [3.8, 4) is 0 Å². The first-order valence-corrected chi connectivity index (χ1v) is 7.61. The first-order valence-electron chi connectivity index (χ1n) is 5.21. The molecule has 5 heteroatoms. The van der Waals surface area contributed by atoms with E-state index in [1.807, 2.05) is 23.6 Å². The van der Waals surface area contributed by atoms with Gasteiger partial charge in [-0.2, -0.15) is 0 Å². The Labute approximate surface area is 122 Å². The molecule has 0 atom stereocenters. The van der Waals surface area contributed by atoms with Crippen molar-refractivity contribution >= 4 is 43.2 Å². The van der Waals surface area contributed by atoms with Crippen molar-refractivity contribution in [2.45, 2.75) is 20.0 Å². The summed E-state index contributed by atoms with van der Waals surface area (Å²) < 4.78 is 2.02. The number of nitrogens with one attached hydrogen (secondary N) is 1. The van der Waals surface area contributed by atoms with E-state index in [9.17, 15) is 0 Å². The molecule has 0 spiro atoms. The fraction of sp³-hybridized carbons (Fsp3) is 0.250. The topological polar surface area (TPSA) is 24.9 Å². The SMILES string of the molecule is Cc1ccc(CNCc2ncc(Br)cc2Br)s1. The number of hydrogen-bond acceptors (Lipinski definition) is 3. The predicted molar refractivity (Wildman–Crippen MR) is 79.2 cm³/mol. The van der Waals surface area contributed by atoms with Crippen molar-refractivity contribution in [3.05, 3.63) is 48.8 Å². The van der Waals surface area contributed by atoms with Crippen LogP contribution in [0.2, 0.25) is 0 Å². The number of hydrogen-bond donors (Lipinski definition) is 1. The predicted octanol–water partition coefficient (Wildman–Crippen LogP) is 4.27. The first kappa shape index (κ1) is 13.2. The summed E-state index contributed by atoms with van der Waals surface area (Å²) in [5.74, 6) is 0. The average Bonchev–Trinajstić information content (AvgIpc) is 2.68. The average molecular weight is 376 g/mol. The highest BCUT2D eigenvalue weighted by Gasteiger charge is 2.02. The lowest BCUT2D eigenvalue weighted by atomic mass is 10.3. The highest BCUT2D eigenvalue weighted by Crippen LogP contribution is 2.20. The second-order valence-corrected chi connectivity index (χ2v) is 6.84.